The average molecular weight is 484 g/mol. The van der Waals surface area contributed by atoms with Crippen LogP contribution in [0.5, 0.6) is 0 Å². The summed E-state index contributed by atoms with van der Waals surface area (Å²) in [6.45, 7) is 1.57. The van der Waals surface area contributed by atoms with Gasteiger partial charge in [0.2, 0.25) is 19.9 Å². The largest absolute Gasteiger partial charge is 0.398 e. The van der Waals surface area contributed by atoms with Gasteiger partial charge in [-0.2, -0.15) is 0 Å². The van der Waals surface area contributed by atoms with Crippen molar-refractivity contribution in [1.29, 1.82) is 0 Å². The second-order valence-electron chi connectivity index (χ2n) is 4.78. The second kappa shape index (κ2) is 6.17. The number of nitrogen functional groups attached to an aromatic ring is 1. The molecule has 0 spiro atoms. The fourth-order valence-corrected chi connectivity index (χ4v) is 5.62. The first-order valence-corrected chi connectivity index (χ1v) is 10.7. The lowest BCUT2D eigenvalue weighted by atomic mass is 10.2. The van der Waals surface area contributed by atoms with E-state index in [4.69, 9.17) is 10.9 Å². The minimum Gasteiger partial charge on any atom is -0.398 e. The molecule has 0 saturated carbocycles. The minimum absolute atomic E-state index is 0.0340. The molecule has 0 aliphatic rings. The van der Waals surface area contributed by atoms with E-state index in [-0.39, 0.29) is 19.2 Å². The van der Waals surface area contributed by atoms with Crippen LogP contribution in [0.4, 0.5) is 5.69 Å². The quantitative estimate of drug-likeness (QED) is 0.650. The first kappa shape index (κ1) is 18.4. The van der Waals surface area contributed by atoms with E-state index in [0.29, 0.717) is 15.7 Å². The van der Waals surface area contributed by atoms with E-state index in [0.717, 1.165) is 6.07 Å². The van der Waals surface area contributed by atoms with Gasteiger partial charge < -0.3 is 5.73 Å². The summed E-state index contributed by atoms with van der Waals surface area (Å²) in [5.74, 6) is 0. The number of hydrogen-bond acceptors (Lipinski definition) is 5. The number of rotatable bonds is 3. The summed E-state index contributed by atoms with van der Waals surface area (Å²) in [5.41, 5.74) is 6.48. The number of sulfone groups is 1. The minimum atomic E-state index is -4.01. The van der Waals surface area contributed by atoms with Gasteiger partial charge in [-0.15, -0.1) is 0 Å². The lowest BCUT2D eigenvalue weighted by Crippen LogP contribution is -2.14. The molecule has 0 heterocycles. The summed E-state index contributed by atoms with van der Waals surface area (Å²) in [4.78, 5) is -0.443. The molecule has 23 heavy (non-hydrogen) atoms. The Morgan fingerprint density at radius 1 is 0.913 bits per heavy atom. The molecule has 0 bridgehead atoms. The molecule has 2 aromatic rings. The molecule has 2 aromatic carbocycles. The number of nitrogens with two attached hydrogens (primary N) is 2. The fraction of sp³-hybridized carbons (Fsp3) is 0.0769. The third-order valence-electron chi connectivity index (χ3n) is 3.12. The molecule has 0 atom stereocenters. The molecule has 4 N–H and O–H groups in total. The predicted molar refractivity (Wildman–Crippen MR) is 94.3 cm³/mol. The Balaban J connectivity index is 2.78. The molecule has 0 aliphatic carbocycles. The van der Waals surface area contributed by atoms with Crippen molar-refractivity contribution in [2.45, 2.75) is 21.6 Å². The van der Waals surface area contributed by atoms with Crippen molar-refractivity contribution in [1.82, 2.24) is 0 Å². The number of sulfonamides is 1. The zero-order valence-electron chi connectivity index (χ0n) is 11.7. The van der Waals surface area contributed by atoms with E-state index in [1.54, 1.807) is 6.92 Å². The van der Waals surface area contributed by atoms with E-state index in [2.05, 4.69) is 31.9 Å². The standard InChI is InChI=1S/C13H12Br2N2O4S2/c1-7-2-3-8(23(17,20)21)4-12(7)22(18,19)13-6-9(14)11(16)5-10(13)15/h2-6H,16H2,1H3,(H2,17,20,21). The van der Waals surface area contributed by atoms with Crippen molar-refractivity contribution in [3.63, 3.8) is 0 Å². The van der Waals surface area contributed by atoms with Crippen LogP contribution < -0.4 is 10.9 Å². The Hall–Kier alpha value is -0.940. The van der Waals surface area contributed by atoms with Gasteiger partial charge in [0.15, 0.2) is 0 Å². The summed E-state index contributed by atoms with van der Waals surface area (Å²) < 4.78 is 49.4. The number of aryl methyl sites for hydroxylation is 1. The second-order valence-corrected chi connectivity index (χ2v) is 9.94. The highest BCUT2D eigenvalue weighted by molar-refractivity contribution is 9.11. The van der Waals surface area contributed by atoms with Crippen LogP contribution in [0.1, 0.15) is 5.56 Å². The van der Waals surface area contributed by atoms with Crippen LogP contribution >= 0.6 is 31.9 Å². The van der Waals surface area contributed by atoms with Crippen LogP contribution in [-0.2, 0) is 19.9 Å². The van der Waals surface area contributed by atoms with Crippen molar-refractivity contribution in [2.75, 3.05) is 5.73 Å². The highest BCUT2D eigenvalue weighted by atomic mass is 79.9. The molecular weight excluding hydrogens is 472 g/mol. The van der Waals surface area contributed by atoms with Crippen LogP contribution in [0, 0.1) is 6.92 Å². The summed E-state index contributed by atoms with van der Waals surface area (Å²) in [5, 5.41) is 5.08. The highest BCUT2D eigenvalue weighted by Gasteiger charge is 2.25. The van der Waals surface area contributed by atoms with Gasteiger partial charge in [0.05, 0.1) is 14.7 Å². The summed E-state index contributed by atoms with van der Waals surface area (Å²) in [6.07, 6.45) is 0. The molecule has 0 unspecified atom stereocenters. The molecular formula is C13H12Br2N2O4S2. The van der Waals surface area contributed by atoms with Gasteiger partial charge in [0.25, 0.3) is 0 Å². The maximum absolute atomic E-state index is 12.9. The van der Waals surface area contributed by atoms with E-state index in [1.807, 2.05) is 0 Å². The van der Waals surface area contributed by atoms with Gasteiger partial charge in [-0.3, -0.25) is 0 Å². The maximum Gasteiger partial charge on any atom is 0.238 e. The van der Waals surface area contributed by atoms with Crippen molar-refractivity contribution in [3.05, 3.63) is 44.8 Å². The maximum atomic E-state index is 12.9. The van der Waals surface area contributed by atoms with Crippen molar-refractivity contribution in [2.24, 2.45) is 5.14 Å². The molecule has 0 radical (unpaired) electrons. The van der Waals surface area contributed by atoms with E-state index >= 15 is 0 Å². The third kappa shape index (κ3) is 3.61. The average Bonchev–Trinajstić information content (AvgIpc) is 2.41. The van der Waals surface area contributed by atoms with Gasteiger partial charge in [0, 0.05) is 14.6 Å². The topological polar surface area (TPSA) is 120 Å². The molecule has 0 saturated heterocycles. The van der Waals surface area contributed by atoms with Crippen molar-refractivity contribution >= 4 is 57.4 Å². The van der Waals surface area contributed by atoms with Crippen molar-refractivity contribution in [3.8, 4) is 0 Å². The van der Waals surface area contributed by atoms with Gasteiger partial charge in [-0.05, 0) is 68.6 Å². The zero-order valence-corrected chi connectivity index (χ0v) is 16.6. The Bertz CT molecular complexity index is 1000. The zero-order chi connectivity index (χ0) is 17.6. The number of halogens is 2. The first-order valence-electron chi connectivity index (χ1n) is 6.07. The monoisotopic (exact) mass is 482 g/mol. The van der Waals surface area contributed by atoms with Crippen LogP contribution in [0.2, 0.25) is 0 Å². The van der Waals surface area contributed by atoms with Crippen LogP contribution in [0.15, 0.2) is 54.0 Å². The summed E-state index contributed by atoms with van der Waals surface area (Å²) in [6, 6.07) is 6.52. The summed E-state index contributed by atoms with van der Waals surface area (Å²) >= 11 is 6.36. The van der Waals surface area contributed by atoms with Gasteiger partial charge in [0.1, 0.15) is 0 Å². The van der Waals surface area contributed by atoms with E-state index < -0.39 is 19.9 Å². The lowest BCUT2D eigenvalue weighted by Gasteiger charge is -2.12. The molecule has 2 rings (SSSR count). The molecule has 6 nitrogen and oxygen atoms in total. The van der Waals surface area contributed by atoms with E-state index in [9.17, 15) is 16.8 Å². The molecule has 10 heteroatoms. The Morgan fingerprint density at radius 3 is 2.09 bits per heavy atom. The Morgan fingerprint density at radius 2 is 1.52 bits per heavy atom. The first-order chi connectivity index (χ1) is 10.4. The Labute approximate surface area is 151 Å². The number of anilines is 1. The van der Waals surface area contributed by atoms with Gasteiger partial charge in [-0.25, -0.2) is 22.0 Å². The molecule has 124 valence electrons. The smallest absolute Gasteiger partial charge is 0.238 e. The normalized spacial score (nSPS) is 12.3. The molecule has 0 amide bonds. The predicted octanol–water partition coefficient (Wildman–Crippen LogP) is 2.58. The number of primary sulfonamides is 1. The molecule has 0 aromatic heterocycles. The van der Waals surface area contributed by atoms with E-state index in [1.165, 1.54) is 24.3 Å². The van der Waals surface area contributed by atoms with Crippen molar-refractivity contribution < 1.29 is 16.8 Å². The van der Waals surface area contributed by atoms with Crippen LogP contribution in [0.3, 0.4) is 0 Å². The SMILES string of the molecule is Cc1ccc(S(N)(=O)=O)cc1S(=O)(=O)c1cc(Br)c(N)cc1Br. The number of hydrogen-bond donors (Lipinski definition) is 2. The van der Waals surface area contributed by atoms with Gasteiger partial charge >= 0.3 is 0 Å². The van der Waals surface area contributed by atoms with Gasteiger partial charge in [-0.1, -0.05) is 6.07 Å². The third-order valence-corrected chi connectivity index (χ3v) is 7.57. The number of benzene rings is 2. The fourth-order valence-electron chi connectivity index (χ4n) is 1.92. The Kier molecular flexibility index (Phi) is 4.94. The highest BCUT2D eigenvalue weighted by Crippen LogP contribution is 2.35. The summed E-state index contributed by atoms with van der Waals surface area (Å²) in [7, 11) is -7.99. The molecule has 0 fully saturated rings. The van der Waals surface area contributed by atoms with Crippen LogP contribution in [0.25, 0.3) is 0 Å². The molecule has 0 aliphatic heterocycles. The van der Waals surface area contributed by atoms with Crippen LogP contribution in [-0.4, -0.2) is 16.8 Å². The lowest BCUT2D eigenvalue weighted by molar-refractivity contribution is 0.594.